The average molecular weight is 477 g/mol. The summed E-state index contributed by atoms with van der Waals surface area (Å²) in [6.07, 6.45) is -0.174. The van der Waals surface area contributed by atoms with Gasteiger partial charge in [0.2, 0.25) is 0 Å². The molecule has 11 nitrogen and oxygen atoms in total. The van der Waals surface area contributed by atoms with Gasteiger partial charge < -0.3 is 14.8 Å². The Bertz CT molecular complexity index is 1120. The van der Waals surface area contributed by atoms with Crippen LogP contribution >= 0.6 is 0 Å². The molecule has 0 aromatic heterocycles. The Morgan fingerprint density at radius 1 is 1.18 bits per heavy atom. The highest BCUT2D eigenvalue weighted by atomic mass is 32.2. The fourth-order valence-corrected chi connectivity index (χ4v) is 4.66. The van der Waals surface area contributed by atoms with E-state index < -0.39 is 26.5 Å². The zero-order chi connectivity index (χ0) is 23.4. The molecule has 0 aliphatic carbocycles. The molecule has 0 bridgehead atoms. The summed E-state index contributed by atoms with van der Waals surface area (Å²) in [4.78, 5) is 25.1. The second kappa shape index (κ2) is 9.83. The monoisotopic (exact) mass is 476 g/mol. The van der Waals surface area contributed by atoms with E-state index in [1.54, 1.807) is 18.2 Å². The van der Waals surface area contributed by atoms with Crippen LogP contribution in [0.4, 0.5) is 11.4 Å². The highest BCUT2D eigenvalue weighted by molar-refractivity contribution is 7.90. The number of ether oxygens (including phenoxy) is 2. The summed E-state index contributed by atoms with van der Waals surface area (Å²) in [7, 11) is -4.30. The highest BCUT2D eigenvalue weighted by Gasteiger charge is 2.31. The molecule has 2 aliphatic rings. The van der Waals surface area contributed by atoms with Gasteiger partial charge in [-0.2, -0.15) is 0 Å². The third-order valence-electron chi connectivity index (χ3n) is 5.57. The summed E-state index contributed by atoms with van der Waals surface area (Å²) >= 11 is 0. The predicted molar refractivity (Wildman–Crippen MR) is 119 cm³/mol. The third kappa shape index (κ3) is 5.47. The van der Waals surface area contributed by atoms with Gasteiger partial charge in [-0.3, -0.25) is 19.8 Å². The van der Waals surface area contributed by atoms with E-state index in [4.69, 9.17) is 9.47 Å². The number of nitrogens with zero attached hydrogens (tertiary/aromatic N) is 2. The molecule has 0 unspecified atom stereocenters. The van der Waals surface area contributed by atoms with Gasteiger partial charge in [-0.1, -0.05) is 18.2 Å². The number of carbonyl (C=O) groups excluding carboxylic acids is 1. The standard InChI is InChI=1S/C21H24N4O7S/c26-21(15-4-2-1-3-5-15)23-33(29,30)18-6-7-19(20(10-18)25(27)28)22-11-17-12-24(8-9-32-17)16-13-31-14-16/h1-7,10,16-17,22H,8-9,11-14H2,(H,23,26)/t17-/m0/s1. The molecule has 2 saturated heterocycles. The molecule has 2 fully saturated rings. The molecule has 0 radical (unpaired) electrons. The van der Waals surface area contributed by atoms with Gasteiger partial charge in [0.05, 0.1) is 41.8 Å². The number of hydrogen-bond acceptors (Lipinski definition) is 9. The van der Waals surface area contributed by atoms with Crippen molar-refractivity contribution < 1.29 is 27.6 Å². The van der Waals surface area contributed by atoms with Crippen LogP contribution in [0, 0.1) is 10.1 Å². The van der Waals surface area contributed by atoms with Crippen LogP contribution < -0.4 is 10.0 Å². The largest absolute Gasteiger partial charge is 0.378 e. The van der Waals surface area contributed by atoms with Gasteiger partial charge in [-0.25, -0.2) is 13.1 Å². The lowest BCUT2D eigenvalue weighted by Crippen LogP contribution is -2.56. The molecule has 2 aromatic carbocycles. The Kier molecular flexibility index (Phi) is 6.88. The van der Waals surface area contributed by atoms with Gasteiger partial charge in [0.25, 0.3) is 21.6 Å². The summed E-state index contributed by atoms with van der Waals surface area (Å²) in [5.74, 6) is -0.823. The van der Waals surface area contributed by atoms with E-state index >= 15 is 0 Å². The second-order valence-corrected chi connectivity index (χ2v) is 9.48. The predicted octanol–water partition coefficient (Wildman–Crippen LogP) is 1.23. The number of anilines is 1. The van der Waals surface area contributed by atoms with Crippen LogP contribution in [-0.2, 0) is 19.5 Å². The number of nitro groups is 1. The van der Waals surface area contributed by atoms with Gasteiger partial charge in [0.1, 0.15) is 5.69 Å². The fourth-order valence-electron chi connectivity index (χ4n) is 3.66. The molecule has 2 heterocycles. The van der Waals surface area contributed by atoms with Crippen molar-refractivity contribution in [2.75, 3.05) is 44.8 Å². The van der Waals surface area contributed by atoms with Crippen molar-refractivity contribution in [2.24, 2.45) is 0 Å². The van der Waals surface area contributed by atoms with Crippen LogP contribution in [0.5, 0.6) is 0 Å². The first-order valence-electron chi connectivity index (χ1n) is 10.4. The van der Waals surface area contributed by atoms with Crippen molar-refractivity contribution in [3.8, 4) is 0 Å². The zero-order valence-corrected chi connectivity index (χ0v) is 18.5. The van der Waals surface area contributed by atoms with Crippen LogP contribution in [0.3, 0.4) is 0 Å². The number of morpholine rings is 1. The third-order valence-corrected chi connectivity index (χ3v) is 6.90. The number of nitro benzene ring substituents is 1. The maximum Gasteiger partial charge on any atom is 0.293 e. The maximum atomic E-state index is 12.6. The van der Waals surface area contributed by atoms with E-state index in [1.807, 2.05) is 4.72 Å². The van der Waals surface area contributed by atoms with Crippen molar-refractivity contribution in [1.29, 1.82) is 0 Å². The molecule has 2 N–H and O–H groups in total. The van der Waals surface area contributed by atoms with Gasteiger partial charge in [0, 0.05) is 31.3 Å². The van der Waals surface area contributed by atoms with Crippen LogP contribution in [0.1, 0.15) is 10.4 Å². The van der Waals surface area contributed by atoms with Gasteiger partial charge in [0.15, 0.2) is 0 Å². The second-order valence-electron chi connectivity index (χ2n) is 7.80. The topological polar surface area (TPSA) is 140 Å². The van der Waals surface area contributed by atoms with E-state index in [9.17, 15) is 23.3 Å². The van der Waals surface area contributed by atoms with Crippen molar-refractivity contribution in [2.45, 2.75) is 17.0 Å². The molecular formula is C21H24N4O7S. The molecule has 1 amide bonds. The molecular weight excluding hydrogens is 452 g/mol. The van der Waals surface area contributed by atoms with Crippen molar-refractivity contribution >= 4 is 27.3 Å². The minimum atomic E-state index is -4.30. The first-order chi connectivity index (χ1) is 15.8. The van der Waals surface area contributed by atoms with E-state index in [1.165, 1.54) is 24.3 Å². The van der Waals surface area contributed by atoms with Crippen molar-refractivity contribution in [1.82, 2.24) is 9.62 Å². The van der Waals surface area contributed by atoms with Crippen LogP contribution in [0.15, 0.2) is 53.4 Å². The number of nitrogens with one attached hydrogen (secondary N) is 2. The molecule has 176 valence electrons. The number of carbonyl (C=O) groups is 1. The summed E-state index contributed by atoms with van der Waals surface area (Å²) in [6, 6.07) is 11.7. The smallest absolute Gasteiger partial charge is 0.293 e. The minimum Gasteiger partial charge on any atom is -0.378 e. The molecule has 33 heavy (non-hydrogen) atoms. The number of sulfonamides is 1. The number of rotatable bonds is 8. The molecule has 0 saturated carbocycles. The highest BCUT2D eigenvalue weighted by Crippen LogP contribution is 2.28. The molecule has 12 heteroatoms. The lowest BCUT2D eigenvalue weighted by molar-refractivity contribution is -0.384. The van der Waals surface area contributed by atoms with E-state index in [0.29, 0.717) is 39.0 Å². The average Bonchev–Trinajstić information content (AvgIpc) is 2.77. The van der Waals surface area contributed by atoms with E-state index in [-0.39, 0.29) is 22.3 Å². The van der Waals surface area contributed by atoms with Gasteiger partial charge >= 0.3 is 0 Å². The molecule has 4 rings (SSSR count). The van der Waals surface area contributed by atoms with Gasteiger partial charge in [-0.05, 0) is 24.3 Å². The SMILES string of the molecule is O=C(NS(=O)(=O)c1ccc(NC[C@H]2CN(C3COC3)CCO2)c([N+](=O)[O-])c1)c1ccccc1. The first-order valence-corrected chi connectivity index (χ1v) is 11.9. The number of benzene rings is 2. The Hall–Kier alpha value is -3.06. The Balaban J connectivity index is 1.44. The van der Waals surface area contributed by atoms with Gasteiger partial charge in [-0.15, -0.1) is 0 Å². The van der Waals surface area contributed by atoms with Crippen molar-refractivity contribution in [3.05, 3.63) is 64.2 Å². The van der Waals surface area contributed by atoms with E-state index in [2.05, 4.69) is 10.2 Å². The maximum absolute atomic E-state index is 12.6. The number of amides is 1. The molecule has 0 spiro atoms. The van der Waals surface area contributed by atoms with E-state index in [0.717, 1.165) is 12.6 Å². The Labute approximate surface area is 190 Å². The lowest BCUT2D eigenvalue weighted by atomic mass is 10.1. The normalized spacial score (nSPS) is 19.5. The van der Waals surface area contributed by atoms with Crippen molar-refractivity contribution in [3.63, 3.8) is 0 Å². The molecule has 2 aliphatic heterocycles. The quantitative estimate of drug-likeness (QED) is 0.425. The summed E-state index contributed by atoms with van der Waals surface area (Å²) in [6.45, 7) is 3.76. The van der Waals surface area contributed by atoms with Crippen LogP contribution in [-0.4, -0.2) is 75.7 Å². The Morgan fingerprint density at radius 3 is 2.61 bits per heavy atom. The molecule has 2 aromatic rings. The van der Waals surface area contributed by atoms with Crippen LogP contribution in [0.25, 0.3) is 0 Å². The lowest BCUT2D eigenvalue weighted by Gasteiger charge is -2.42. The molecule has 1 atom stereocenters. The summed E-state index contributed by atoms with van der Waals surface area (Å²) < 4.78 is 38.2. The Morgan fingerprint density at radius 2 is 1.94 bits per heavy atom. The summed E-state index contributed by atoms with van der Waals surface area (Å²) in [5.41, 5.74) is -0.0880. The fraction of sp³-hybridized carbons (Fsp3) is 0.381. The first kappa shape index (κ1) is 23.1. The zero-order valence-electron chi connectivity index (χ0n) is 17.7. The number of hydrogen-bond donors (Lipinski definition) is 2. The minimum absolute atomic E-state index is 0.156. The van der Waals surface area contributed by atoms with Crippen LogP contribution in [0.2, 0.25) is 0 Å². The summed E-state index contributed by atoms with van der Waals surface area (Å²) in [5, 5.41) is 14.6.